The number of amides is 1. The van der Waals surface area contributed by atoms with Crippen LogP contribution in [-0.4, -0.2) is 15.3 Å². The Kier molecular flexibility index (Phi) is 3.57. The second-order valence-electron chi connectivity index (χ2n) is 4.57. The molecule has 0 bridgehead atoms. The molecule has 0 saturated carbocycles. The third-order valence-electron chi connectivity index (χ3n) is 3.06. The van der Waals surface area contributed by atoms with E-state index in [1.807, 2.05) is 28.8 Å². The number of hydrogen-bond donors (Lipinski definition) is 1. The Morgan fingerprint density at radius 1 is 1.24 bits per heavy atom. The van der Waals surface area contributed by atoms with Crippen molar-refractivity contribution in [2.75, 3.05) is 5.32 Å². The maximum Gasteiger partial charge on any atom is 0.221 e. The Labute approximate surface area is 131 Å². The molecule has 3 aromatic rings. The molecule has 0 aliphatic heterocycles. The standard InChI is InChI=1S/C15H11Cl2N3O/c1-9(21)19-13-3-2-6-20-14(8-18-15(13)20)10-4-5-11(16)12(17)7-10/h2-8H,1H3,(H,19,21). The van der Waals surface area contributed by atoms with Crippen molar-refractivity contribution in [3.63, 3.8) is 0 Å². The van der Waals surface area contributed by atoms with Gasteiger partial charge in [-0.25, -0.2) is 4.98 Å². The van der Waals surface area contributed by atoms with Crippen molar-refractivity contribution in [2.45, 2.75) is 6.92 Å². The Morgan fingerprint density at radius 3 is 2.76 bits per heavy atom. The summed E-state index contributed by atoms with van der Waals surface area (Å²) in [5, 5.41) is 3.76. The number of halogens is 2. The van der Waals surface area contributed by atoms with Crippen molar-refractivity contribution < 1.29 is 4.79 Å². The van der Waals surface area contributed by atoms with Gasteiger partial charge in [0.25, 0.3) is 0 Å². The lowest BCUT2D eigenvalue weighted by Gasteiger charge is -2.06. The molecule has 3 rings (SSSR count). The highest BCUT2D eigenvalue weighted by atomic mass is 35.5. The molecule has 0 saturated heterocycles. The summed E-state index contributed by atoms with van der Waals surface area (Å²) in [6, 6.07) is 9.07. The number of fused-ring (bicyclic) bond motifs is 1. The molecule has 106 valence electrons. The van der Waals surface area contributed by atoms with Crippen LogP contribution in [0.15, 0.2) is 42.7 Å². The minimum Gasteiger partial charge on any atom is -0.323 e. The van der Waals surface area contributed by atoms with Gasteiger partial charge >= 0.3 is 0 Å². The van der Waals surface area contributed by atoms with E-state index >= 15 is 0 Å². The van der Waals surface area contributed by atoms with Gasteiger partial charge in [0, 0.05) is 18.7 Å². The van der Waals surface area contributed by atoms with Crippen LogP contribution in [0, 0.1) is 0 Å². The SMILES string of the molecule is CC(=O)Nc1cccn2c(-c3ccc(Cl)c(Cl)c3)cnc12. The molecule has 0 unspecified atom stereocenters. The zero-order valence-electron chi connectivity index (χ0n) is 11.1. The lowest BCUT2D eigenvalue weighted by molar-refractivity contribution is -0.114. The van der Waals surface area contributed by atoms with Crippen LogP contribution in [0.3, 0.4) is 0 Å². The highest BCUT2D eigenvalue weighted by molar-refractivity contribution is 6.42. The number of hydrogen-bond acceptors (Lipinski definition) is 2. The molecule has 1 amide bonds. The summed E-state index contributed by atoms with van der Waals surface area (Å²) in [5.74, 6) is -0.137. The van der Waals surface area contributed by atoms with Gasteiger partial charge in [-0.1, -0.05) is 29.3 Å². The number of benzene rings is 1. The Morgan fingerprint density at radius 2 is 2.05 bits per heavy atom. The number of nitrogens with zero attached hydrogens (tertiary/aromatic N) is 2. The van der Waals surface area contributed by atoms with Crippen molar-refractivity contribution in [3.05, 3.63) is 52.8 Å². The lowest BCUT2D eigenvalue weighted by Crippen LogP contribution is -2.07. The summed E-state index contributed by atoms with van der Waals surface area (Å²) < 4.78 is 1.89. The fourth-order valence-electron chi connectivity index (χ4n) is 2.17. The lowest BCUT2D eigenvalue weighted by atomic mass is 10.2. The fourth-order valence-corrected chi connectivity index (χ4v) is 2.47. The largest absolute Gasteiger partial charge is 0.323 e. The number of carbonyl (C=O) groups excluding carboxylic acids is 1. The predicted octanol–water partition coefficient (Wildman–Crippen LogP) is 4.27. The smallest absolute Gasteiger partial charge is 0.221 e. The number of rotatable bonds is 2. The molecule has 6 heteroatoms. The number of nitrogens with one attached hydrogen (secondary N) is 1. The second kappa shape index (κ2) is 5.39. The van der Waals surface area contributed by atoms with Crippen molar-refractivity contribution in [1.82, 2.24) is 9.38 Å². The van der Waals surface area contributed by atoms with E-state index in [9.17, 15) is 4.79 Å². The van der Waals surface area contributed by atoms with E-state index in [1.165, 1.54) is 6.92 Å². The van der Waals surface area contributed by atoms with E-state index in [-0.39, 0.29) is 5.91 Å². The molecule has 21 heavy (non-hydrogen) atoms. The van der Waals surface area contributed by atoms with Gasteiger partial charge in [0.15, 0.2) is 5.65 Å². The van der Waals surface area contributed by atoms with Gasteiger partial charge in [0.1, 0.15) is 0 Å². The first kappa shape index (κ1) is 13.9. The van der Waals surface area contributed by atoms with Gasteiger partial charge in [0.05, 0.1) is 27.6 Å². The summed E-state index contributed by atoms with van der Waals surface area (Å²) in [4.78, 5) is 15.6. The highest BCUT2D eigenvalue weighted by Crippen LogP contribution is 2.30. The summed E-state index contributed by atoms with van der Waals surface area (Å²) in [5.41, 5.74) is 3.11. The van der Waals surface area contributed by atoms with Gasteiger partial charge in [0.2, 0.25) is 5.91 Å². The van der Waals surface area contributed by atoms with Crippen LogP contribution in [0.2, 0.25) is 10.0 Å². The number of anilines is 1. The normalized spacial score (nSPS) is 10.8. The van der Waals surface area contributed by atoms with Gasteiger partial charge in [-0.15, -0.1) is 0 Å². The zero-order chi connectivity index (χ0) is 15.0. The van der Waals surface area contributed by atoms with E-state index in [1.54, 1.807) is 18.3 Å². The topological polar surface area (TPSA) is 46.4 Å². The van der Waals surface area contributed by atoms with E-state index < -0.39 is 0 Å². The molecular formula is C15H11Cl2N3O. The second-order valence-corrected chi connectivity index (χ2v) is 5.38. The summed E-state index contributed by atoms with van der Waals surface area (Å²) >= 11 is 12.0. The van der Waals surface area contributed by atoms with Crippen molar-refractivity contribution in [1.29, 1.82) is 0 Å². The van der Waals surface area contributed by atoms with Crippen molar-refractivity contribution >= 4 is 40.4 Å². The average Bonchev–Trinajstić information content (AvgIpc) is 2.86. The van der Waals surface area contributed by atoms with Crippen LogP contribution in [0.25, 0.3) is 16.9 Å². The van der Waals surface area contributed by atoms with E-state index in [0.29, 0.717) is 21.4 Å². The Bertz CT molecular complexity index is 842. The molecule has 0 aliphatic rings. The van der Waals surface area contributed by atoms with Crippen LogP contribution in [-0.2, 0) is 4.79 Å². The highest BCUT2D eigenvalue weighted by Gasteiger charge is 2.11. The monoisotopic (exact) mass is 319 g/mol. The molecule has 0 spiro atoms. The molecule has 0 fully saturated rings. The third kappa shape index (κ3) is 2.60. The summed E-state index contributed by atoms with van der Waals surface area (Å²) in [6.45, 7) is 1.46. The molecule has 1 aromatic carbocycles. The minimum atomic E-state index is -0.137. The van der Waals surface area contributed by atoms with Crippen LogP contribution in [0.1, 0.15) is 6.92 Å². The van der Waals surface area contributed by atoms with Crippen LogP contribution < -0.4 is 5.32 Å². The van der Waals surface area contributed by atoms with Gasteiger partial charge < -0.3 is 5.32 Å². The van der Waals surface area contributed by atoms with Gasteiger partial charge in [-0.2, -0.15) is 0 Å². The van der Waals surface area contributed by atoms with Crippen LogP contribution >= 0.6 is 23.2 Å². The molecule has 0 aliphatic carbocycles. The molecule has 1 N–H and O–H groups in total. The van der Waals surface area contributed by atoms with Crippen molar-refractivity contribution in [3.8, 4) is 11.3 Å². The van der Waals surface area contributed by atoms with Crippen molar-refractivity contribution in [2.24, 2.45) is 0 Å². The number of carbonyl (C=O) groups is 1. The molecule has 2 heterocycles. The summed E-state index contributed by atoms with van der Waals surface area (Å²) in [6.07, 6.45) is 3.62. The molecule has 2 aromatic heterocycles. The minimum absolute atomic E-state index is 0.137. The number of imidazole rings is 1. The first-order chi connectivity index (χ1) is 10.1. The molecule has 4 nitrogen and oxygen atoms in total. The predicted molar refractivity (Wildman–Crippen MR) is 85.0 cm³/mol. The first-order valence-corrected chi connectivity index (χ1v) is 7.01. The van der Waals surface area contributed by atoms with Crippen LogP contribution in [0.4, 0.5) is 5.69 Å². The Hall–Kier alpha value is -2.04. The van der Waals surface area contributed by atoms with E-state index in [0.717, 1.165) is 11.3 Å². The number of pyridine rings is 1. The maximum atomic E-state index is 11.2. The van der Waals surface area contributed by atoms with E-state index in [2.05, 4.69) is 10.3 Å². The zero-order valence-corrected chi connectivity index (χ0v) is 12.6. The van der Waals surface area contributed by atoms with Crippen LogP contribution in [0.5, 0.6) is 0 Å². The third-order valence-corrected chi connectivity index (χ3v) is 3.80. The summed E-state index contributed by atoms with van der Waals surface area (Å²) in [7, 11) is 0. The van der Waals surface area contributed by atoms with Gasteiger partial charge in [-0.05, 0) is 24.3 Å². The van der Waals surface area contributed by atoms with Gasteiger partial charge in [-0.3, -0.25) is 9.20 Å². The number of aromatic nitrogens is 2. The maximum absolute atomic E-state index is 11.2. The molecule has 0 radical (unpaired) electrons. The Balaban J connectivity index is 2.16. The quantitative estimate of drug-likeness (QED) is 0.766. The molecular weight excluding hydrogens is 309 g/mol. The average molecular weight is 320 g/mol. The first-order valence-electron chi connectivity index (χ1n) is 6.25. The molecule has 0 atom stereocenters. The fraction of sp³-hybridized carbons (Fsp3) is 0.0667. The van der Waals surface area contributed by atoms with E-state index in [4.69, 9.17) is 23.2 Å².